The van der Waals surface area contributed by atoms with Gasteiger partial charge in [0.25, 0.3) is 0 Å². The maximum absolute atomic E-state index is 12.9. The van der Waals surface area contributed by atoms with E-state index in [0.717, 1.165) is 13.0 Å². The quantitative estimate of drug-likeness (QED) is 0.841. The molecular formula is C15H22FN. The zero-order valence-corrected chi connectivity index (χ0v) is 10.6. The van der Waals surface area contributed by atoms with Gasteiger partial charge in [-0.3, -0.25) is 0 Å². The smallest absolute Gasteiger partial charge is 0.123 e. The van der Waals surface area contributed by atoms with Gasteiger partial charge in [0.2, 0.25) is 0 Å². The molecule has 0 radical (unpaired) electrons. The molecule has 0 bridgehead atoms. The lowest BCUT2D eigenvalue weighted by Crippen LogP contribution is -2.36. The molecule has 1 aromatic rings. The van der Waals surface area contributed by atoms with Crippen molar-refractivity contribution in [3.05, 3.63) is 35.6 Å². The van der Waals surface area contributed by atoms with E-state index in [9.17, 15) is 4.39 Å². The minimum absolute atomic E-state index is 0.139. The van der Waals surface area contributed by atoms with E-state index in [1.807, 2.05) is 19.2 Å². The summed E-state index contributed by atoms with van der Waals surface area (Å²) in [5.41, 5.74) is 1.66. The van der Waals surface area contributed by atoms with Crippen LogP contribution in [0.4, 0.5) is 4.39 Å². The zero-order valence-electron chi connectivity index (χ0n) is 10.6. The summed E-state index contributed by atoms with van der Waals surface area (Å²) in [6.07, 6.45) is 7.71. The van der Waals surface area contributed by atoms with Crippen molar-refractivity contribution in [2.24, 2.45) is 5.41 Å². The number of hydrogen-bond acceptors (Lipinski definition) is 1. The van der Waals surface area contributed by atoms with Gasteiger partial charge in [0.1, 0.15) is 5.82 Å². The molecule has 1 aliphatic rings. The third-order valence-corrected chi connectivity index (χ3v) is 3.96. The van der Waals surface area contributed by atoms with Gasteiger partial charge in [0, 0.05) is 6.54 Å². The lowest BCUT2D eigenvalue weighted by molar-refractivity contribution is 0.185. The zero-order chi connectivity index (χ0) is 12.1. The summed E-state index contributed by atoms with van der Waals surface area (Å²) in [5.74, 6) is -0.139. The molecule has 0 aliphatic heterocycles. The van der Waals surface area contributed by atoms with Crippen molar-refractivity contribution in [1.82, 2.24) is 5.32 Å². The van der Waals surface area contributed by atoms with Gasteiger partial charge in [0.15, 0.2) is 0 Å². The minimum Gasteiger partial charge on any atom is -0.319 e. The van der Waals surface area contributed by atoms with Crippen LogP contribution in [0.15, 0.2) is 24.3 Å². The molecule has 0 saturated heterocycles. The van der Waals surface area contributed by atoms with Crippen LogP contribution >= 0.6 is 0 Å². The number of hydrogen-bond donors (Lipinski definition) is 1. The van der Waals surface area contributed by atoms with Crippen LogP contribution in [-0.2, 0) is 6.42 Å². The van der Waals surface area contributed by atoms with Crippen molar-refractivity contribution in [2.45, 2.75) is 38.5 Å². The van der Waals surface area contributed by atoms with Crippen molar-refractivity contribution < 1.29 is 4.39 Å². The van der Waals surface area contributed by atoms with Gasteiger partial charge in [-0.05, 0) is 49.4 Å². The van der Waals surface area contributed by atoms with Crippen LogP contribution in [0.3, 0.4) is 0 Å². The van der Waals surface area contributed by atoms with Gasteiger partial charge in [-0.2, -0.15) is 0 Å². The molecule has 0 heterocycles. The highest BCUT2D eigenvalue weighted by Gasteiger charge is 2.31. The Morgan fingerprint density at radius 1 is 1.12 bits per heavy atom. The lowest BCUT2D eigenvalue weighted by Gasteiger charge is -2.37. The first kappa shape index (κ1) is 12.6. The minimum atomic E-state index is -0.139. The predicted octanol–water partition coefficient (Wildman–Crippen LogP) is 3.54. The van der Waals surface area contributed by atoms with E-state index < -0.39 is 0 Å². The average Bonchev–Trinajstić information content (AvgIpc) is 2.34. The van der Waals surface area contributed by atoms with Crippen LogP contribution in [0, 0.1) is 11.2 Å². The fourth-order valence-corrected chi connectivity index (χ4v) is 3.13. The predicted molar refractivity (Wildman–Crippen MR) is 69.5 cm³/mol. The molecule has 0 unspecified atom stereocenters. The van der Waals surface area contributed by atoms with E-state index in [1.54, 1.807) is 12.1 Å². The molecule has 94 valence electrons. The van der Waals surface area contributed by atoms with Crippen LogP contribution in [-0.4, -0.2) is 13.6 Å². The second-order valence-corrected chi connectivity index (χ2v) is 5.39. The van der Waals surface area contributed by atoms with Gasteiger partial charge >= 0.3 is 0 Å². The van der Waals surface area contributed by atoms with E-state index in [4.69, 9.17) is 0 Å². The van der Waals surface area contributed by atoms with E-state index in [1.165, 1.54) is 37.7 Å². The molecule has 0 amide bonds. The maximum Gasteiger partial charge on any atom is 0.123 e. The maximum atomic E-state index is 12.9. The van der Waals surface area contributed by atoms with E-state index in [0.29, 0.717) is 5.41 Å². The summed E-state index contributed by atoms with van der Waals surface area (Å²) < 4.78 is 12.9. The van der Waals surface area contributed by atoms with Crippen LogP contribution in [0.25, 0.3) is 0 Å². The van der Waals surface area contributed by atoms with Gasteiger partial charge in [-0.1, -0.05) is 31.4 Å². The SMILES string of the molecule is CNCC1(Cc2ccc(F)cc2)CCCCC1. The summed E-state index contributed by atoms with van der Waals surface area (Å²) in [6, 6.07) is 7.01. The first-order valence-electron chi connectivity index (χ1n) is 6.63. The Morgan fingerprint density at radius 3 is 2.35 bits per heavy atom. The third kappa shape index (κ3) is 3.29. The molecule has 17 heavy (non-hydrogen) atoms. The molecule has 1 aliphatic carbocycles. The van der Waals surface area contributed by atoms with Gasteiger partial charge in [-0.25, -0.2) is 4.39 Å². The normalized spacial score (nSPS) is 19.2. The Balaban J connectivity index is 2.08. The summed E-state index contributed by atoms with van der Waals surface area (Å²) in [6.45, 7) is 1.07. The Kier molecular flexibility index (Phi) is 4.16. The highest BCUT2D eigenvalue weighted by Crippen LogP contribution is 2.38. The summed E-state index contributed by atoms with van der Waals surface area (Å²) >= 11 is 0. The van der Waals surface area contributed by atoms with E-state index >= 15 is 0 Å². The van der Waals surface area contributed by atoms with Crippen LogP contribution in [0.5, 0.6) is 0 Å². The Labute approximate surface area is 103 Å². The number of nitrogens with one attached hydrogen (secondary N) is 1. The van der Waals surface area contributed by atoms with Crippen molar-refractivity contribution in [3.63, 3.8) is 0 Å². The highest BCUT2D eigenvalue weighted by atomic mass is 19.1. The first-order chi connectivity index (χ1) is 8.24. The van der Waals surface area contributed by atoms with Crippen LogP contribution in [0.2, 0.25) is 0 Å². The molecule has 1 nitrogen and oxygen atoms in total. The number of rotatable bonds is 4. The van der Waals surface area contributed by atoms with E-state index in [2.05, 4.69) is 5.32 Å². The molecule has 1 aromatic carbocycles. The summed E-state index contributed by atoms with van der Waals surface area (Å²) in [7, 11) is 2.03. The molecule has 2 heteroatoms. The Hall–Kier alpha value is -0.890. The van der Waals surface area contributed by atoms with Gasteiger partial charge < -0.3 is 5.32 Å². The van der Waals surface area contributed by atoms with Crippen molar-refractivity contribution >= 4 is 0 Å². The van der Waals surface area contributed by atoms with Crippen molar-refractivity contribution in [1.29, 1.82) is 0 Å². The molecular weight excluding hydrogens is 213 g/mol. The fraction of sp³-hybridized carbons (Fsp3) is 0.600. The molecule has 1 N–H and O–H groups in total. The number of halogens is 1. The Morgan fingerprint density at radius 2 is 1.76 bits per heavy atom. The standard InChI is InChI=1S/C15H22FN/c1-17-12-15(9-3-2-4-10-15)11-13-5-7-14(16)8-6-13/h5-8,17H,2-4,9-12H2,1H3. The molecule has 0 aromatic heterocycles. The van der Waals surface area contributed by atoms with Gasteiger partial charge in [0.05, 0.1) is 0 Å². The average molecular weight is 235 g/mol. The summed E-state index contributed by atoms with van der Waals surface area (Å²) in [4.78, 5) is 0. The third-order valence-electron chi connectivity index (χ3n) is 3.96. The van der Waals surface area contributed by atoms with Crippen LogP contribution in [0.1, 0.15) is 37.7 Å². The molecule has 0 spiro atoms. The second kappa shape index (κ2) is 5.63. The molecule has 0 atom stereocenters. The highest BCUT2D eigenvalue weighted by molar-refractivity contribution is 5.18. The van der Waals surface area contributed by atoms with Crippen molar-refractivity contribution in [3.8, 4) is 0 Å². The molecule has 1 saturated carbocycles. The lowest BCUT2D eigenvalue weighted by atomic mass is 9.70. The largest absolute Gasteiger partial charge is 0.319 e. The van der Waals surface area contributed by atoms with Gasteiger partial charge in [-0.15, -0.1) is 0 Å². The second-order valence-electron chi connectivity index (χ2n) is 5.39. The monoisotopic (exact) mass is 235 g/mol. The fourth-order valence-electron chi connectivity index (χ4n) is 3.13. The first-order valence-corrected chi connectivity index (χ1v) is 6.63. The van der Waals surface area contributed by atoms with Crippen LogP contribution < -0.4 is 5.32 Å². The summed E-state index contributed by atoms with van der Waals surface area (Å²) in [5, 5.41) is 3.34. The molecule has 1 fully saturated rings. The Bertz CT molecular complexity index is 333. The molecule has 2 rings (SSSR count). The van der Waals surface area contributed by atoms with E-state index in [-0.39, 0.29) is 5.82 Å². The topological polar surface area (TPSA) is 12.0 Å². The number of benzene rings is 1. The van der Waals surface area contributed by atoms with Crippen molar-refractivity contribution in [2.75, 3.05) is 13.6 Å².